The van der Waals surface area contributed by atoms with Crippen molar-refractivity contribution >= 4 is 5.91 Å². The summed E-state index contributed by atoms with van der Waals surface area (Å²) in [6.07, 6.45) is 2.06. The minimum absolute atomic E-state index is 0.0249. The summed E-state index contributed by atoms with van der Waals surface area (Å²) in [4.78, 5) is 16.8. The van der Waals surface area contributed by atoms with Crippen LogP contribution in [0, 0.1) is 0 Å². The molecule has 8 heteroatoms. The van der Waals surface area contributed by atoms with Gasteiger partial charge in [-0.05, 0) is 41.9 Å². The highest BCUT2D eigenvalue weighted by molar-refractivity contribution is 5.82. The Kier molecular flexibility index (Phi) is 4.71. The van der Waals surface area contributed by atoms with Crippen LogP contribution in [-0.4, -0.2) is 74.7 Å². The van der Waals surface area contributed by atoms with Crippen LogP contribution in [-0.2, 0) is 11.3 Å². The van der Waals surface area contributed by atoms with Crippen molar-refractivity contribution < 1.29 is 4.79 Å². The molecule has 4 rings (SSSR count). The van der Waals surface area contributed by atoms with Crippen LogP contribution in [0.25, 0.3) is 5.69 Å². The number of rotatable bonds is 4. The number of hydrogen-bond acceptors (Lipinski definition) is 6. The molecule has 2 aliphatic rings. The van der Waals surface area contributed by atoms with Crippen LogP contribution in [0.4, 0.5) is 0 Å². The van der Waals surface area contributed by atoms with Gasteiger partial charge in [0.15, 0.2) is 5.82 Å². The van der Waals surface area contributed by atoms with Crippen molar-refractivity contribution in [3.05, 3.63) is 36.2 Å². The van der Waals surface area contributed by atoms with Gasteiger partial charge < -0.3 is 10.2 Å². The summed E-state index contributed by atoms with van der Waals surface area (Å²) in [5.74, 6) is 1.08. The molecule has 1 N–H and O–H groups in total. The SMILES string of the molecule is O=C(C1CCCN1)N1CCN(Cc2nnnn2-c2ccccc2)CC1. The molecule has 1 amide bonds. The topological polar surface area (TPSA) is 79.2 Å². The maximum absolute atomic E-state index is 12.5. The Hall–Kier alpha value is -2.32. The zero-order valence-electron chi connectivity index (χ0n) is 14.2. The van der Waals surface area contributed by atoms with E-state index < -0.39 is 0 Å². The fourth-order valence-corrected chi connectivity index (χ4v) is 3.52. The number of tetrazole rings is 1. The molecule has 0 aliphatic carbocycles. The summed E-state index contributed by atoms with van der Waals surface area (Å²) >= 11 is 0. The van der Waals surface area contributed by atoms with Gasteiger partial charge in [0.25, 0.3) is 0 Å². The number of hydrogen-bond donors (Lipinski definition) is 1. The molecule has 1 aromatic carbocycles. The van der Waals surface area contributed by atoms with Crippen molar-refractivity contribution in [2.75, 3.05) is 32.7 Å². The molecule has 0 spiro atoms. The molecule has 2 aliphatic heterocycles. The third-order valence-corrected chi connectivity index (χ3v) is 4.94. The van der Waals surface area contributed by atoms with Gasteiger partial charge >= 0.3 is 0 Å². The number of piperazine rings is 1. The van der Waals surface area contributed by atoms with Crippen molar-refractivity contribution in [3.8, 4) is 5.69 Å². The summed E-state index contributed by atoms with van der Waals surface area (Å²) in [7, 11) is 0. The molecule has 0 saturated carbocycles. The molecule has 8 nitrogen and oxygen atoms in total. The van der Waals surface area contributed by atoms with Gasteiger partial charge in [-0.3, -0.25) is 9.69 Å². The number of carbonyl (C=O) groups is 1. The van der Waals surface area contributed by atoms with E-state index in [9.17, 15) is 4.79 Å². The number of carbonyl (C=O) groups excluding carboxylic acids is 1. The van der Waals surface area contributed by atoms with Crippen LogP contribution in [0.5, 0.6) is 0 Å². The van der Waals surface area contributed by atoms with E-state index in [2.05, 4.69) is 25.7 Å². The van der Waals surface area contributed by atoms with Gasteiger partial charge in [0.1, 0.15) is 0 Å². The van der Waals surface area contributed by atoms with Crippen molar-refractivity contribution in [2.45, 2.75) is 25.4 Å². The Bertz CT molecular complexity index is 703. The fourth-order valence-electron chi connectivity index (χ4n) is 3.52. The van der Waals surface area contributed by atoms with Crippen molar-refractivity contribution in [1.82, 2.24) is 35.3 Å². The number of nitrogens with zero attached hydrogens (tertiary/aromatic N) is 6. The predicted octanol–water partition coefficient (Wildman–Crippen LogP) is 0.0585. The van der Waals surface area contributed by atoms with Crippen LogP contribution in [0.1, 0.15) is 18.7 Å². The van der Waals surface area contributed by atoms with Gasteiger partial charge in [0.05, 0.1) is 18.3 Å². The Labute approximate surface area is 146 Å². The first-order valence-corrected chi connectivity index (χ1v) is 8.88. The average molecular weight is 341 g/mol. The van der Waals surface area contributed by atoms with Crippen LogP contribution >= 0.6 is 0 Å². The quantitative estimate of drug-likeness (QED) is 0.847. The maximum Gasteiger partial charge on any atom is 0.239 e. The molecule has 0 radical (unpaired) electrons. The molecule has 1 atom stereocenters. The van der Waals surface area contributed by atoms with Gasteiger partial charge in [-0.2, -0.15) is 4.68 Å². The number of amides is 1. The van der Waals surface area contributed by atoms with Crippen molar-refractivity contribution in [1.29, 1.82) is 0 Å². The second-order valence-corrected chi connectivity index (χ2v) is 6.59. The number of benzene rings is 1. The zero-order chi connectivity index (χ0) is 17.1. The van der Waals surface area contributed by atoms with Crippen LogP contribution < -0.4 is 5.32 Å². The molecule has 0 bridgehead atoms. The molecule has 1 unspecified atom stereocenters. The lowest BCUT2D eigenvalue weighted by Crippen LogP contribution is -2.52. The third kappa shape index (κ3) is 3.54. The first-order chi connectivity index (χ1) is 12.3. The van der Waals surface area contributed by atoms with Crippen molar-refractivity contribution in [2.24, 2.45) is 0 Å². The van der Waals surface area contributed by atoms with Gasteiger partial charge in [-0.15, -0.1) is 5.10 Å². The largest absolute Gasteiger partial charge is 0.339 e. The van der Waals surface area contributed by atoms with E-state index in [-0.39, 0.29) is 11.9 Å². The van der Waals surface area contributed by atoms with E-state index in [0.29, 0.717) is 6.54 Å². The Morgan fingerprint density at radius 2 is 1.96 bits per heavy atom. The average Bonchev–Trinajstić information content (AvgIpc) is 3.35. The second kappa shape index (κ2) is 7.28. The molecule has 2 fully saturated rings. The van der Waals surface area contributed by atoms with Crippen LogP contribution in [0.3, 0.4) is 0 Å². The number of aromatic nitrogens is 4. The monoisotopic (exact) mass is 341 g/mol. The minimum atomic E-state index is 0.0249. The van der Waals surface area contributed by atoms with E-state index in [4.69, 9.17) is 0 Å². The predicted molar refractivity (Wildman–Crippen MR) is 92.0 cm³/mol. The van der Waals surface area contributed by atoms with E-state index in [1.807, 2.05) is 35.2 Å². The number of nitrogens with one attached hydrogen (secondary N) is 1. The molecule has 2 aromatic rings. The standard InChI is InChI=1S/C17H23N7O/c25-17(15-7-4-8-18-15)23-11-9-22(10-12-23)13-16-19-20-21-24(16)14-5-2-1-3-6-14/h1-3,5-6,15,18H,4,7-13H2. The molecule has 2 saturated heterocycles. The first-order valence-electron chi connectivity index (χ1n) is 8.88. The van der Waals surface area contributed by atoms with Gasteiger partial charge in [0.2, 0.25) is 5.91 Å². The minimum Gasteiger partial charge on any atom is -0.339 e. The van der Waals surface area contributed by atoms with Gasteiger partial charge in [-0.25, -0.2) is 0 Å². The normalized spacial score (nSPS) is 21.6. The third-order valence-electron chi connectivity index (χ3n) is 4.94. The summed E-state index contributed by atoms with van der Waals surface area (Å²) in [5.41, 5.74) is 0.962. The smallest absolute Gasteiger partial charge is 0.239 e. The van der Waals surface area contributed by atoms with E-state index >= 15 is 0 Å². The molecule has 1 aromatic heterocycles. The van der Waals surface area contributed by atoms with E-state index in [0.717, 1.165) is 57.1 Å². The summed E-state index contributed by atoms with van der Waals surface area (Å²) in [6.45, 7) is 4.87. The highest BCUT2D eigenvalue weighted by Crippen LogP contribution is 2.13. The van der Waals surface area contributed by atoms with Crippen molar-refractivity contribution in [3.63, 3.8) is 0 Å². The fraction of sp³-hybridized carbons (Fsp3) is 0.529. The Morgan fingerprint density at radius 1 is 1.16 bits per heavy atom. The number of para-hydroxylation sites is 1. The molecule has 25 heavy (non-hydrogen) atoms. The molecule has 132 valence electrons. The van der Waals surface area contributed by atoms with Crippen LogP contribution in [0.2, 0.25) is 0 Å². The van der Waals surface area contributed by atoms with E-state index in [1.165, 1.54) is 0 Å². The Balaban J connectivity index is 1.35. The van der Waals surface area contributed by atoms with Gasteiger partial charge in [-0.1, -0.05) is 18.2 Å². The summed E-state index contributed by atoms with van der Waals surface area (Å²) in [6, 6.07) is 9.93. The summed E-state index contributed by atoms with van der Waals surface area (Å²) in [5, 5.41) is 15.4. The van der Waals surface area contributed by atoms with Crippen LogP contribution in [0.15, 0.2) is 30.3 Å². The Morgan fingerprint density at radius 3 is 2.68 bits per heavy atom. The second-order valence-electron chi connectivity index (χ2n) is 6.59. The zero-order valence-corrected chi connectivity index (χ0v) is 14.2. The lowest BCUT2D eigenvalue weighted by Gasteiger charge is -2.35. The molecular weight excluding hydrogens is 318 g/mol. The maximum atomic E-state index is 12.5. The molecule has 3 heterocycles. The van der Waals surface area contributed by atoms with Gasteiger partial charge in [0, 0.05) is 26.2 Å². The summed E-state index contributed by atoms with van der Waals surface area (Å²) < 4.78 is 1.78. The lowest BCUT2D eigenvalue weighted by molar-refractivity contribution is -0.134. The first kappa shape index (κ1) is 16.2. The highest BCUT2D eigenvalue weighted by atomic mass is 16.2. The molecular formula is C17H23N7O. The lowest BCUT2D eigenvalue weighted by atomic mass is 10.2. The van der Waals surface area contributed by atoms with E-state index in [1.54, 1.807) is 4.68 Å². The highest BCUT2D eigenvalue weighted by Gasteiger charge is 2.29.